The van der Waals surface area contributed by atoms with Crippen molar-refractivity contribution in [3.63, 3.8) is 0 Å². The van der Waals surface area contributed by atoms with Crippen LogP contribution in [0.4, 0.5) is 5.69 Å². The van der Waals surface area contributed by atoms with Crippen molar-refractivity contribution in [2.75, 3.05) is 11.9 Å². The summed E-state index contributed by atoms with van der Waals surface area (Å²) in [5.74, 6) is -0.0775. The molecular formula is C16H14BrNO4. The highest BCUT2D eigenvalue weighted by Gasteiger charge is 2.19. The summed E-state index contributed by atoms with van der Waals surface area (Å²) < 4.78 is 5.40. The lowest BCUT2D eigenvalue weighted by Gasteiger charge is -2.07. The summed E-state index contributed by atoms with van der Waals surface area (Å²) in [5.41, 5.74) is 0.562. The van der Waals surface area contributed by atoms with Crippen LogP contribution in [-0.2, 0) is 0 Å². The quantitative estimate of drug-likeness (QED) is 0.245. The maximum Gasteiger partial charge on any atom is 0.311 e. The predicted octanol–water partition coefficient (Wildman–Crippen LogP) is 3.99. The molecule has 0 aromatic heterocycles. The van der Waals surface area contributed by atoms with Crippen LogP contribution in [0, 0.1) is 10.1 Å². The van der Waals surface area contributed by atoms with Gasteiger partial charge in [0.25, 0.3) is 0 Å². The molecule has 2 aromatic carbocycles. The van der Waals surface area contributed by atoms with E-state index in [1.165, 1.54) is 12.1 Å². The van der Waals surface area contributed by atoms with E-state index in [1.807, 2.05) is 0 Å². The highest BCUT2D eigenvalue weighted by atomic mass is 79.9. The van der Waals surface area contributed by atoms with E-state index >= 15 is 0 Å². The molecule has 0 saturated carbocycles. The lowest BCUT2D eigenvalue weighted by atomic mass is 10.0. The third-order valence-corrected chi connectivity index (χ3v) is 3.55. The fraction of sp³-hybridized carbons (Fsp3) is 0.188. The third-order valence-electron chi connectivity index (χ3n) is 2.99. The Bertz CT molecular complexity index is 673. The molecule has 6 heteroatoms. The summed E-state index contributed by atoms with van der Waals surface area (Å²) in [4.78, 5) is 23.0. The number of alkyl halides is 1. The summed E-state index contributed by atoms with van der Waals surface area (Å²) >= 11 is 3.27. The molecule has 0 aliphatic rings. The fourth-order valence-corrected chi connectivity index (χ4v) is 2.15. The molecule has 0 spiro atoms. The number of carbonyl (C=O) groups is 1. The molecule has 0 N–H and O–H groups in total. The van der Waals surface area contributed by atoms with Gasteiger partial charge in [0.15, 0.2) is 11.5 Å². The second-order valence-electron chi connectivity index (χ2n) is 4.53. The number of ketones is 1. The Morgan fingerprint density at radius 2 is 1.86 bits per heavy atom. The van der Waals surface area contributed by atoms with E-state index in [1.54, 1.807) is 36.4 Å². The largest absolute Gasteiger partial charge is 0.487 e. The van der Waals surface area contributed by atoms with Gasteiger partial charge in [-0.05, 0) is 18.6 Å². The van der Waals surface area contributed by atoms with Gasteiger partial charge >= 0.3 is 5.69 Å². The number of rotatable bonds is 7. The highest BCUT2D eigenvalue weighted by Crippen LogP contribution is 2.29. The van der Waals surface area contributed by atoms with E-state index in [-0.39, 0.29) is 22.8 Å². The van der Waals surface area contributed by atoms with Crippen molar-refractivity contribution in [3.05, 3.63) is 69.8 Å². The fourth-order valence-electron chi connectivity index (χ4n) is 1.92. The van der Waals surface area contributed by atoms with E-state index < -0.39 is 4.92 Å². The Labute approximate surface area is 136 Å². The van der Waals surface area contributed by atoms with Crippen LogP contribution >= 0.6 is 15.9 Å². The third kappa shape index (κ3) is 3.92. The first-order chi connectivity index (χ1) is 10.6. The molecule has 0 atom stereocenters. The number of ether oxygens (including phenoxy) is 1. The molecule has 22 heavy (non-hydrogen) atoms. The SMILES string of the molecule is O=C(c1ccccc1)c1ccc(OCCCBr)c([N+](=O)[O-])c1. The second-order valence-corrected chi connectivity index (χ2v) is 5.32. The van der Waals surface area contributed by atoms with Gasteiger partial charge in [-0.2, -0.15) is 0 Å². The summed E-state index contributed by atoms with van der Waals surface area (Å²) in [5, 5.41) is 11.9. The first-order valence-electron chi connectivity index (χ1n) is 6.70. The predicted molar refractivity (Wildman–Crippen MR) is 86.9 cm³/mol. The van der Waals surface area contributed by atoms with Crippen LogP contribution in [0.25, 0.3) is 0 Å². The van der Waals surface area contributed by atoms with Crippen LogP contribution in [0.3, 0.4) is 0 Å². The van der Waals surface area contributed by atoms with Crippen LogP contribution in [0.15, 0.2) is 48.5 Å². The number of halogens is 1. The minimum atomic E-state index is -0.536. The van der Waals surface area contributed by atoms with Crippen molar-refractivity contribution in [1.29, 1.82) is 0 Å². The topological polar surface area (TPSA) is 69.4 Å². The van der Waals surface area contributed by atoms with E-state index in [9.17, 15) is 14.9 Å². The van der Waals surface area contributed by atoms with Crippen molar-refractivity contribution < 1.29 is 14.5 Å². The van der Waals surface area contributed by atoms with Crippen molar-refractivity contribution in [2.24, 2.45) is 0 Å². The number of nitro benzene ring substituents is 1. The summed E-state index contributed by atoms with van der Waals surface area (Å²) in [6.45, 7) is 0.373. The smallest absolute Gasteiger partial charge is 0.311 e. The maximum absolute atomic E-state index is 12.3. The standard InChI is InChI=1S/C16H14BrNO4/c17-9-4-10-22-15-8-7-13(11-14(15)18(20)21)16(19)12-5-2-1-3-6-12/h1-3,5-8,11H,4,9-10H2. The second kappa shape index (κ2) is 7.70. The monoisotopic (exact) mass is 363 g/mol. The number of nitrogens with zero attached hydrogens (tertiary/aromatic N) is 1. The average molecular weight is 364 g/mol. The first-order valence-corrected chi connectivity index (χ1v) is 7.82. The summed E-state index contributed by atoms with van der Waals surface area (Å²) in [7, 11) is 0. The zero-order valence-electron chi connectivity index (χ0n) is 11.7. The lowest BCUT2D eigenvalue weighted by molar-refractivity contribution is -0.385. The Balaban J connectivity index is 2.29. The van der Waals surface area contributed by atoms with Gasteiger partial charge in [-0.3, -0.25) is 14.9 Å². The molecule has 0 bridgehead atoms. The van der Waals surface area contributed by atoms with Crippen LogP contribution in [-0.4, -0.2) is 22.6 Å². The number of carbonyl (C=O) groups excluding carboxylic acids is 1. The summed E-state index contributed by atoms with van der Waals surface area (Å²) in [6, 6.07) is 12.9. The molecule has 0 aliphatic heterocycles. The lowest BCUT2D eigenvalue weighted by Crippen LogP contribution is -2.05. The van der Waals surface area contributed by atoms with Crippen LogP contribution in [0.2, 0.25) is 0 Å². The average Bonchev–Trinajstić information content (AvgIpc) is 2.55. The van der Waals surface area contributed by atoms with Gasteiger partial charge in [-0.25, -0.2) is 0 Å². The van der Waals surface area contributed by atoms with Gasteiger partial charge in [0.2, 0.25) is 0 Å². The molecule has 0 amide bonds. The van der Waals surface area contributed by atoms with Crippen LogP contribution < -0.4 is 4.74 Å². The first kappa shape index (κ1) is 16.2. The number of hydrogen-bond acceptors (Lipinski definition) is 4. The van der Waals surface area contributed by atoms with E-state index in [4.69, 9.17) is 4.74 Å². The van der Waals surface area contributed by atoms with Gasteiger partial charge in [-0.1, -0.05) is 46.3 Å². The van der Waals surface area contributed by atoms with Gasteiger partial charge in [0.1, 0.15) is 0 Å². The normalized spacial score (nSPS) is 10.2. The number of hydrogen-bond donors (Lipinski definition) is 0. The Morgan fingerprint density at radius 1 is 1.14 bits per heavy atom. The Morgan fingerprint density at radius 3 is 2.50 bits per heavy atom. The molecule has 2 aromatic rings. The molecular weight excluding hydrogens is 350 g/mol. The molecule has 0 saturated heterocycles. The van der Waals surface area contributed by atoms with Crippen LogP contribution in [0.5, 0.6) is 5.75 Å². The molecule has 0 aliphatic carbocycles. The minimum Gasteiger partial charge on any atom is -0.487 e. The molecule has 0 heterocycles. The molecule has 0 fully saturated rings. The van der Waals surface area contributed by atoms with Crippen molar-refractivity contribution in [3.8, 4) is 5.75 Å². The van der Waals surface area contributed by atoms with Crippen molar-refractivity contribution in [1.82, 2.24) is 0 Å². The minimum absolute atomic E-state index is 0.176. The van der Waals surface area contributed by atoms with Crippen molar-refractivity contribution in [2.45, 2.75) is 6.42 Å². The number of benzene rings is 2. The van der Waals surface area contributed by atoms with E-state index in [0.717, 1.165) is 11.8 Å². The molecule has 2 rings (SSSR count). The maximum atomic E-state index is 12.3. The highest BCUT2D eigenvalue weighted by molar-refractivity contribution is 9.09. The number of nitro groups is 1. The zero-order valence-corrected chi connectivity index (χ0v) is 13.3. The van der Waals surface area contributed by atoms with Crippen molar-refractivity contribution >= 4 is 27.4 Å². The Kier molecular flexibility index (Phi) is 5.66. The van der Waals surface area contributed by atoms with Gasteiger partial charge < -0.3 is 4.74 Å². The van der Waals surface area contributed by atoms with Gasteiger partial charge in [0.05, 0.1) is 11.5 Å². The van der Waals surface area contributed by atoms with E-state index in [0.29, 0.717) is 12.2 Å². The van der Waals surface area contributed by atoms with E-state index in [2.05, 4.69) is 15.9 Å². The molecule has 0 radical (unpaired) electrons. The molecule has 0 unspecified atom stereocenters. The molecule has 5 nitrogen and oxygen atoms in total. The Hall–Kier alpha value is -2.21. The van der Waals surface area contributed by atoms with Crippen LogP contribution in [0.1, 0.15) is 22.3 Å². The molecule has 114 valence electrons. The van der Waals surface area contributed by atoms with Gasteiger partial charge in [0, 0.05) is 22.5 Å². The van der Waals surface area contributed by atoms with Gasteiger partial charge in [-0.15, -0.1) is 0 Å². The zero-order chi connectivity index (χ0) is 15.9. The summed E-state index contributed by atoms with van der Waals surface area (Å²) in [6.07, 6.45) is 0.738.